The molecule has 0 aliphatic heterocycles. The summed E-state index contributed by atoms with van der Waals surface area (Å²) in [7, 11) is 0. The predicted octanol–water partition coefficient (Wildman–Crippen LogP) is 14.6. The van der Waals surface area contributed by atoms with Crippen molar-refractivity contribution in [3.05, 3.63) is 255 Å². The summed E-state index contributed by atoms with van der Waals surface area (Å²) >= 11 is 0. The molecule has 0 bridgehead atoms. The zero-order chi connectivity index (χ0) is 39.2. The molecule has 1 spiro atoms. The number of allylic oxidation sites excluding steroid dienone is 7. The van der Waals surface area contributed by atoms with E-state index in [1.54, 1.807) is 0 Å². The van der Waals surface area contributed by atoms with Crippen LogP contribution in [0.4, 0.5) is 11.4 Å². The molecule has 0 fully saturated rings. The first-order valence-corrected chi connectivity index (χ1v) is 20.8. The summed E-state index contributed by atoms with van der Waals surface area (Å²) in [5, 5.41) is 0. The van der Waals surface area contributed by atoms with Crippen molar-refractivity contribution in [2.45, 2.75) is 20.3 Å². The topological polar surface area (TPSA) is 3.24 Å². The van der Waals surface area contributed by atoms with Crippen molar-refractivity contribution in [1.29, 1.82) is 0 Å². The molecule has 0 saturated carbocycles. The van der Waals surface area contributed by atoms with Crippen LogP contribution in [-0.4, -0.2) is 0 Å². The van der Waals surface area contributed by atoms with Gasteiger partial charge in [0.15, 0.2) is 0 Å². The van der Waals surface area contributed by atoms with Crippen LogP contribution in [0.1, 0.15) is 50.1 Å². The normalized spacial score (nSPS) is 17.6. The molecule has 1 unspecified atom stereocenters. The van der Waals surface area contributed by atoms with Crippen molar-refractivity contribution in [1.82, 2.24) is 0 Å². The molecule has 7 aromatic carbocycles. The standard InChI is InChI=1S/C58H41N/c1-37-32-50-45-26-13-9-22-41(45)33-52(50)56(38(37)2)59(55-30-16-15-28-47(55)39-18-5-3-6-19-39)57-49(40-20-7-4-8-21-40)36-51-46-27-14-11-24-43(46)35-54(51)58(57)31-17-29-48-44-25-12-10-23-42(44)34-53(48)58/h3-32,34-36H,33H2,1-2H3. The van der Waals surface area contributed by atoms with E-state index in [-0.39, 0.29) is 0 Å². The van der Waals surface area contributed by atoms with Gasteiger partial charge in [0.25, 0.3) is 0 Å². The average molecular weight is 752 g/mol. The van der Waals surface area contributed by atoms with Gasteiger partial charge in [0.1, 0.15) is 0 Å². The molecule has 0 heterocycles. The Morgan fingerprint density at radius 3 is 1.81 bits per heavy atom. The SMILES string of the molecule is Cc1cc2c(c(N(C3=C(c4ccccc4)C=C4C(=Cc5ccccc54)C34C=CC=C3C4=Cc4ccccc43)c3ccccc3-c3ccccc3)c1C)Cc1ccccc1-2. The molecule has 59 heavy (non-hydrogen) atoms. The van der Waals surface area contributed by atoms with Gasteiger partial charge >= 0.3 is 0 Å². The number of nitrogens with zero attached hydrogens (tertiary/aromatic N) is 1. The smallest absolute Gasteiger partial charge is 0.0810 e. The molecule has 7 aromatic rings. The van der Waals surface area contributed by atoms with Gasteiger partial charge in [0.05, 0.1) is 22.5 Å². The van der Waals surface area contributed by atoms with Crippen molar-refractivity contribution in [3.8, 4) is 22.3 Å². The Hall–Kier alpha value is -7.22. The largest absolute Gasteiger partial charge is 0.311 e. The summed E-state index contributed by atoms with van der Waals surface area (Å²) in [6.45, 7) is 4.65. The molecule has 278 valence electrons. The number of fused-ring (bicyclic) bond motifs is 11. The fourth-order valence-electron chi connectivity index (χ4n) is 10.7. The first-order chi connectivity index (χ1) is 29.1. The molecule has 1 nitrogen and oxygen atoms in total. The summed E-state index contributed by atoms with van der Waals surface area (Å²) in [4.78, 5) is 2.73. The Balaban J connectivity index is 1.28. The Kier molecular flexibility index (Phi) is 7.40. The van der Waals surface area contributed by atoms with Crippen LogP contribution in [0, 0.1) is 19.3 Å². The van der Waals surface area contributed by atoms with Gasteiger partial charge in [0, 0.05) is 17.6 Å². The summed E-state index contributed by atoms with van der Waals surface area (Å²) in [5.41, 5.74) is 26.2. The lowest BCUT2D eigenvalue weighted by molar-refractivity contribution is 0.679. The van der Waals surface area contributed by atoms with Crippen LogP contribution >= 0.6 is 0 Å². The van der Waals surface area contributed by atoms with Gasteiger partial charge in [-0.2, -0.15) is 0 Å². The van der Waals surface area contributed by atoms with E-state index >= 15 is 0 Å². The molecular weight excluding hydrogens is 711 g/mol. The van der Waals surface area contributed by atoms with Crippen LogP contribution in [0.25, 0.3) is 51.1 Å². The van der Waals surface area contributed by atoms with Crippen molar-refractivity contribution in [3.63, 3.8) is 0 Å². The van der Waals surface area contributed by atoms with E-state index in [2.05, 4.69) is 219 Å². The Labute approximate surface area is 346 Å². The van der Waals surface area contributed by atoms with E-state index in [4.69, 9.17) is 0 Å². The maximum atomic E-state index is 2.73. The quantitative estimate of drug-likeness (QED) is 0.169. The number of aryl methyl sites for hydroxylation is 1. The third-order valence-corrected chi connectivity index (χ3v) is 13.4. The molecule has 0 aromatic heterocycles. The van der Waals surface area contributed by atoms with Crippen molar-refractivity contribution >= 4 is 40.2 Å². The molecule has 5 aliphatic rings. The van der Waals surface area contributed by atoms with Gasteiger partial charge in [-0.3, -0.25) is 0 Å². The lowest BCUT2D eigenvalue weighted by Crippen LogP contribution is -2.39. The first-order valence-electron chi connectivity index (χ1n) is 20.8. The van der Waals surface area contributed by atoms with Crippen LogP contribution in [0.2, 0.25) is 0 Å². The molecule has 1 atom stereocenters. The Morgan fingerprint density at radius 2 is 1.08 bits per heavy atom. The number of hydrogen-bond donors (Lipinski definition) is 0. The fraction of sp³-hybridized carbons (Fsp3) is 0.0690. The third kappa shape index (κ3) is 4.85. The molecule has 5 aliphatic carbocycles. The Morgan fingerprint density at radius 1 is 0.508 bits per heavy atom. The van der Waals surface area contributed by atoms with Gasteiger partial charge in [-0.05, 0) is 127 Å². The summed E-state index contributed by atoms with van der Waals surface area (Å²) in [6.07, 6.45) is 15.6. The molecule has 0 amide bonds. The minimum absolute atomic E-state index is 0.671. The molecule has 0 N–H and O–H groups in total. The molecule has 0 saturated heterocycles. The molecule has 12 rings (SSSR count). The van der Waals surface area contributed by atoms with Crippen LogP contribution < -0.4 is 4.90 Å². The van der Waals surface area contributed by atoms with Gasteiger partial charge in [-0.15, -0.1) is 0 Å². The lowest BCUT2D eigenvalue weighted by Gasteiger charge is -2.48. The van der Waals surface area contributed by atoms with Crippen LogP contribution in [0.5, 0.6) is 0 Å². The zero-order valence-corrected chi connectivity index (χ0v) is 33.2. The second kappa shape index (κ2) is 12.9. The van der Waals surface area contributed by atoms with Crippen LogP contribution in [-0.2, 0) is 6.42 Å². The average Bonchev–Trinajstić information content (AvgIpc) is 3.99. The summed E-state index contributed by atoms with van der Waals surface area (Å²) in [5.74, 6) is 0. The molecule has 0 radical (unpaired) electrons. The summed E-state index contributed by atoms with van der Waals surface area (Å²) < 4.78 is 0. The second-order valence-corrected chi connectivity index (χ2v) is 16.5. The van der Waals surface area contributed by atoms with Crippen molar-refractivity contribution in [2.24, 2.45) is 5.41 Å². The number of hydrogen-bond acceptors (Lipinski definition) is 1. The minimum Gasteiger partial charge on any atom is -0.311 e. The van der Waals surface area contributed by atoms with Crippen molar-refractivity contribution < 1.29 is 0 Å². The molecule has 1 heteroatoms. The highest BCUT2D eigenvalue weighted by Gasteiger charge is 2.53. The van der Waals surface area contributed by atoms with Gasteiger partial charge in [-0.1, -0.05) is 176 Å². The fourth-order valence-corrected chi connectivity index (χ4v) is 10.7. The zero-order valence-electron chi connectivity index (χ0n) is 33.2. The van der Waals surface area contributed by atoms with E-state index in [1.165, 1.54) is 117 Å². The van der Waals surface area contributed by atoms with Crippen LogP contribution in [0.15, 0.2) is 205 Å². The second-order valence-electron chi connectivity index (χ2n) is 16.5. The molecular formula is C58H41N. The van der Waals surface area contributed by atoms with Gasteiger partial charge in [0.2, 0.25) is 0 Å². The number of benzene rings is 7. The van der Waals surface area contributed by atoms with Gasteiger partial charge < -0.3 is 4.90 Å². The van der Waals surface area contributed by atoms with Crippen LogP contribution in [0.3, 0.4) is 0 Å². The van der Waals surface area contributed by atoms with Crippen molar-refractivity contribution in [2.75, 3.05) is 4.90 Å². The highest BCUT2D eigenvalue weighted by molar-refractivity contribution is 6.12. The predicted molar refractivity (Wildman–Crippen MR) is 248 cm³/mol. The third-order valence-electron chi connectivity index (χ3n) is 13.4. The maximum absolute atomic E-state index is 2.73. The number of para-hydroxylation sites is 1. The monoisotopic (exact) mass is 751 g/mol. The minimum atomic E-state index is -0.671. The highest BCUT2D eigenvalue weighted by Crippen LogP contribution is 2.66. The number of anilines is 2. The maximum Gasteiger partial charge on any atom is 0.0810 e. The highest BCUT2D eigenvalue weighted by atomic mass is 15.2. The first kappa shape index (κ1) is 33.9. The summed E-state index contributed by atoms with van der Waals surface area (Å²) in [6, 6.07) is 60.6. The number of rotatable bonds is 5. The van der Waals surface area contributed by atoms with E-state index < -0.39 is 5.41 Å². The van der Waals surface area contributed by atoms with E-state index in [1.807, 2.05) is 0 Å². The van der Waals surface area contributed by atoms with E-state index in [9.17, 15) is 0 Å². The van der Waals surface area contributed by atoms with Gasteiger partial charge in [-0.25, -0.2) is 0 Å². The lowest BCUT2D eigenvalue weighted by atomic mass is 9.61. The van der Waals surface area contributed by atoms with E-state index in [0.29, 0.717) is 0 Å². The Bertz CT molecular complexity index is 3120. The van der Waals surface area contributed by atoms with E-state index in [0.717, 1.165) is 6.42 Å².